The van der Waals surface area contributed by atoms with Crippen LogP contribution in [0.1, 0.15) is 37.1 Å². The molecule has 2 aromatic heterocycles. The molecule has 18 heavy (non-hydrogen) atoms. The Morgan fingerprint density at radius 1 is 1.44 bits per heavy atom. The summed E-state index contributed by atoms with van der Waals surface area (Å²) in [6.07, 6.45) is 2.97. The van der Waals surface area contributed by atoms with Crippen LogP contribution in [-0.4, -0.2) is 19.9 Å². The molecule has 5 heteroatoms. The van der Waals surface area contributed by atoms with Crippen molar-refractivity contribution in [2.24, 2.45) is 5.92 Å². The van der Waals surface area contributed by atoms with Gasteiger partial charge in [-0.05, 0) is 18.9 Å². The molecule has 2 aromatic rings. The molecule has 1 unspecified atom stereocenters. The summed E-state index contributed by atoms with van der Waals surface area (Å²) in [5, 5.41) is 14.3. The van der Waals surface area contributed by atoms with Gasteiger partial charge in [-0.3, -0.25) is 0 Å². The highest BCUT2D eigenvalue weighted by molar-refractivity contribution is 5.15. The first-order valence-corrected chi connectivity index (χ1v) is 6.16. The van der Waals surface area contributed by atoms with Gasteiger partial charge in [0.2, 0.25) is 0 Å². The second-order valence-electron chi connectivity index (χ2n) is 4.96. The fraction of sp³-hybridized carbons (Fsp3) is 0.538. The number of aliphatic hydroxyl groups is 1. The van der Waals surface area contributed by atoms with Crippen molar-refractivity contribution in [2.45, 2.75) is 39.8 Å². The average Bonchev–Trinajstić information content (AvgIpc) is 2.88. The van der Waals surface area contributed by atoms with E-state index in [1.807, 2.05) is 17.7 Å². The molecule has 0 bridgehead atoms. The minimum atomic E-state index is -0.599. The molecular formula is C13H19N3O2. The zero-order chi connectivity index (χ0) is 13.1. The van der Waals surface area contributed by atoms with Gasteiger partial charge in [0.1, 0.15) is 17.9 Å². The zero-order valence-corrected chi connectivity index (χ0v) is 11.0. The van der Waals surface area contributed by atoms with Gasteiger partial charge in [-0.1, -0.05) is 13.8 Å². The van der Waals surface area contributed by atoms with Crippen molar-refractivity contribution in [3.63, 3.8) is 0 Å². The van der Waals surface area contributed by atoms with Crippen LogP contribution in [0.2, 0.25) is 0 Å². The first-order chi connectivity index (χ1) is 8.56. The molecule has 0 saturated heterocycles. The summed E-state index contributed by atoms with van der Waals surface area (Å²) in [5.41, 5.74) is 0.784. The molecule has 2 rings (SSSR count). The van der Waals surface area contributed by atoms with Crippen molar-refractivity contribution in [1.82, 2.24) is 14.8 Å². The molecule has 0 aliphatic rings. The summed E-state index contributed by atoms with van der Waals surface area (Å²) >= 11 is 0. The van der Waals surface area contributed by atoms with E-state index in [9.17, 15) is 5.11 Å². The standard InChI is InChI=1S/C13H19N3O2/c1-9(2)6-16-13(14-8-15-16)5-12(17)11-4-10(3)18-7-11/h4,7-9,12,17H,5-6H2,1-3H3. The smallest absolute Gasteiger partial charge is 0.138 e. The van der Waals surface area contributed by atoms with Crippen molar-refractivity contribution in [2.75, 3.05) is 0 Å². The van der Waals surface area contributed by atoms with Gasteiger partial charge in [0.15, 0.2) is 0 Å². The Hall–Kier alpha value is -1.62. The first kappa shape index (κ1) is 12.8. The Bertz CT molecular complexity index is 502. The third kappa shape index (κ3) is 2.98. The van der Waals surface area contributed by atoms with Crippen molar-refractivity contribution in [3.8, 4) is 0 Å². The highest BCUT2D eigenvalue weighted by Crippen LogP contribution is 2.19. The van der Waals surface area contributed by atoms with E-state index in [-0.39, 0.29) is 0 Å². The third-order valence-corrected chi connectivity index (χ3v) is 2.75. The normalized spacial score (nSPS) is 13.2. The maximum atomic E-state index is 10.1. The van der Waals surface area contributed by atoms with Crippen LogP contribution >= 0.6 is 0 Å². The van der Waals surface area contributed by atoms with E-state index < -0.39 is 6.10 Å². The van der Waals surface area contributed by atoms with Crippen LogP contribution in [-0.2, 0) is 13.0 Å². The van der Waals surface area contributed by atoms with Gasteiger partial charge in [-0.15, -0.1) is 0 Å². The van der Waals surface area contributed by atoms with E-state index in [4.69, 9.17) is 4.42 Å². The number of aliphatic hydroxyl groups excluding tert-OH is 1. The van der Waals surface area contributed by atoms with Crippen molar-refractivity contribution in [3.05, 3.63) is 35.8 Å². The largest absolute Gasteiger partial charge is 0.469 e. The molecule has 98 valence electrons. The van der Waals surface area contributed by atoms with E-state index in [0.29, 0.717) is 12.3 Å². The molecule has 0 saturated carbocycles. The Balaban J connectivity index is 2.07. The van der Waals surface area contributed by atoms with Crippen molar-refractivity contribution >= 4 is 0 Å². The predicted octanol–water partition coefficient (Wildman–Crippen LogP) is 2.11. The van der Waals surface area contributed by atoms with Crippen LogP contribution in [0.4, 0.5) is 0 Å². The lowest BCUT2D eigenvalue weighted by molar-refractivity contribution is 0.172. The summed E-state index contributed by atoms with van der Waals surface area (Å²) in [4.78, 5) is 4.20. The Labute approximate surface area is 106 Å². The zero-order valence-electron chi connectivity index (χ0n) is 11.0. The molecule has 0 fully saturated rings. The number of aryl methyl sites for hydroxylation is 1. The number of nitrogens with zero attached hydrogens (tertiary/aromatic N) is 3. The number of hydrogen-bond donors (Lipinski definition) is 1. The van der Waals surface area contributed by atoms with Crippen LogP contribution in [0.15, 0.2) is 23.1 Å². The highest BCUT2D eigenvalue weighted by atomic mass is 16.3. The van der Waals surface area contributed by atoms with E-state index in [1.54, 1.807) is 6.26 Å². The summed E-state index contributed by atoms with van der Waals surface area (Å²) in [7, 11) is 0. The Morgan fingerprint density at radius 2 is 2.22 bits per heavy atom. The van der Waals surface area contributed by atoms with E-state index in [0.717, 1.165) is 23.7 Å². The summed E-state index contributed by atoms with van der Waals surface area (Å²) < 4.78 is 7.04. The fourth-order valence-electron chi connectivity index (χ4n) is 1.87. The quantitative estimate of drug-likeness (QED) is 0.881. The van der Waals surface area contributed by atoms with Crippen LogP contribution in [0, 0.1) is 12.8 Å². The van der Waals surface area contributed by atoms with Gasteiger partial charge in [-0.2, -0.15) is 5.10 Å². The second-order valence-corrected chi connectivity index (χ2v) is 4.96. The topological polar surface area (TPSA) is 64.1 Å². The van der Waals surface area contributed by atoms with E-state index in [2.05, 4.69) is 23.9 Å². The lowest BCUT2D eigenvalue weighted by Gasteiger charge is -2.11. The monoisotopic (exact) mass is 249 g/mol. The maximum Gasteiger partial charge on any atom is 0.138 e. The average molecular weight is 249 g/mol. The molecule has 0 spiro atoms. The molecule has 0 radical (unpaired) electrons. The molecular weight excluding hydrogens is 230 g/mol. The third-order valence-electron chi connectivity index (χ3n) is 2.75. The Kier molecular flexibility index (Phi) is 3.81. The molecule has 1 N–H and O–H groups in total. The molecule has 0 aromatic carbocycles. The fourth-order valence-corrected chi connectivity index (χ4v) is 1.87. The second kappa shape index (κ2) is 5.35. The number of furan rings is 1. The lowest BCUT2D eigenvalue weighted by atomic mass is 10.1. The van der Waals surface area contributed by atoms with Crippen molar-refractivity contribution < 1.29 is 9.52 Å². The first-order valence-electron chi connectivity index (χ1n) is 6.16. The van der Waals surface area contributed by atoms with Gasteiger partial charge in [-0.25, -0.2) is 9.67 Å². The minimum absolute atomic E-state index is 0.450. The predicted molar refractivity (Wildman–Crippen MR) is 67.0 cm³/mol. The van der Waals surface area contributed by atoms with Gasteiger partial charge >= 0.3 is 0 Å². The minimum Gasteiger partial charge on any atom is -0.469 e. The highest BCUT2D eigenvalue weighted by Gasteiger charge is 2.15. The van der Waals surface area contributed by atoms with Crippen LogP contribution in [0.25, 0.3) is 0 Å². The summed E-state index contributed by atoms with van der Waals surface area (Å²) in [6.45, 7) is 6.92. The maximum absolute atomic E-state index is 10.1. The molecule has 0 amide bonds. The summed E-state index contributed by atoms with van der Waals surface area (Å²) in [6, 6.07) is 1.84. The van der Waals surface area contributed by atoms with Crippen LogP contribution < -0.4 is 0 Å². The number of aromatic nitrogens is 3. The Morgan fingerprint density at radius 3 is 2.83 bits per heavy atom. The van der Waals surface area contributed by atoms with Gasteiger partial charge in [0, 0.05) is 18.5 Å². The number of hydrogen-bond acceptors (Lipinski definition) is 4. The SMILES string of the molecule is Cc1cc(C(O)Cc2ncnn2CC(C)C)co1. The van der Waals surface area contributed by atoms with E-state index >= 15 is 0 Å². The van der Waals surface area contributed by atoms with Crippen LogP contribution in [0.3, 0.4) is 0 Å². The molecule has 1 atom stereocenters. The summed E-state index contributed by atoms with van der Waals surface area (Å²) in [5.74, 6) is 2.10. The van der Waals surface area contributed by atoms with Crippen LogP contribution in [0.5, 0.6) is 0 Å². The molecule has 0 aliphatic heterocycles. The molecule has 2 heterocycles. The molecule has 5 nitrogen and oxygen atoms in total. The van der Waals surface area contributed by atoms with E-state index in [1.165, 1.54) is 6.33 Å². The number of rotatable bonds is 5. The van der Waals surface area contributed by atoms with Gasteiger partial charge in [0.05, 0.1) is 12.4 Å². The molecule has 0 aliphatic carbocycles. The van der Waals surface area contributed by atoms with Gasteiger partial charge < -0.3 is 9.52 Å². The van der Waals surface area contributed by atoms with Crippen molar-refractivity contribution in [1.29, 1.82) is 0 Å². The lowest BCUT2D eigenvalue weighted by Crippen LogP contribution is -2.13. The van der Waals surface area contributed by atoms with Gasteiger partial charge in [0.25, 0.3) is 0 Å².